The summed E-state index contributed by atoms with van der Waals surface area (Å²) < 4.78 is 5.82. The third-order valence-electron chi connectivity index (χ3n) is 4.65. The molecule has 1 aromatic carbocycles. The molecule has 4 nitrogen and oxygen atoms in total. The number of rotatable bonds is 5. The smallest absolute Gasteiger partial charge is 0.191 e. The second-order valence-corrected chi connectivity index (χ2v) is 7.43. The van der Waals surface area contributed by atoms with Crippen LogP contribution in [0.2, 0.25) is 0 Å². The molecule has 1 heterocycles. The van der Waals surface area contributed by atoms with Crippen molar-refractivity contribution < 1.29 is 4.74 Å². The van der Waals surface area contributed by atoms with Crippen molar-refractivity contribution in [1.82, 2.24) is 10.6 Å². The van der Waals surface area contributed by atoms with Crippen LogP contribution in [0.4, 0.5) is 0 Å². The predicted octanol–water partition coefficient (Wildman–Crippen LogP) is 3.62. The zero-order chi connectivity index (χ0) is 16.9. The number of nitrogens with one attached hydrogen (secondary N) is 2. The van der Waals surface area contributed by atoms with Crippen LogP contribution in [0.25, 0.3) is 0 Å². The number of hydrogen-bond acceptors (Lipinski definition) is 2. The molecule has 1 aliphatic rings. The standard InChI is InChI=1S/C19H31N3O.HI/c1-15-8-6-9-16(12-15)18(2,3)13-21-17(20-5)22-14-19(4)10-7-11-23-19;/h6,8-9,12H,7,10-11,13-14H2,1-5H3,(H2,20,21,22);1H. The fourth-order valence-corrected chi connectivity index (χ4v) is 2.94. The lowest BCUT2D eigenvalue weighted by Crippen LogP contribution is -2.48. The number of aryl methyl sites for hydroxylation is 1. The van der Waals surface area contributed by atoms with Crippen molar-refractivity contribution in [3.63, 3.8) is 0 Å². The fraction of sp³-hybridized carbons (Fsp3) is 0.632. The summed E-state index contributed by atoms with van der Waals surface area (Å²) in [6, 6.07) is 8.71. The summed E-state index contributed by atoms with van der Waals surface area (Å²) in [7, 11) is 1.81. The third-order valence-corrected chi connectivity index (χ3v) is 4.65. The Kier molecular flexibility index (Phi) is 7.99. The van der Waals surface area contributed by atoms with E-state index in [4.69, 9.17) is 4.74 Å². The van der Waals surface area contributed by atoms with Gasteiger partial charge in [0.05, 0.1) is 5.60 Å². The lowest BCUT2D eigenvalue weighted by atomic mass is 9.84. The van der Waals surface area contributed by atoms with Crippen LogP contribution in [-0.4, -0.2) is 38.3 Å². The summed E-state index contributed by atoms with van der Waals surface area (Å²) in [5.41, 5.74) is 2.61. The maximum Gasteiger partial charge on any atom is 0.191 e. The first-order chi connectivity index (χ1) is 10.8. The van der Waals surface area contributed by atoms with Crippen molar-refractivity contribution in [2.45, 2.75) is 51.6 Å². The van der Waals surface area contributed by atoms with Gasteiger partial charge in [-0.3, -0.25) is 4.99 Å². The van der Waals surface area contributed by atoms with E-state index in [1.165, 1.54) is 11.1 Å². The van der Waals surface area contributed by atoms with Crippen LogP contribution >= 0.6 is 24.0 Å². The molecule has 0 aliphatic carbocycles. The number of hydrogen-bond donors (Lipinski definition) is 2. The van der Waals surface area contributed by atoms with Gasteiger partial charge in [0.25, 0.3) is 0 Å². The first kappa shape index (κ1) is 21.2. The van der Waals surface area contributed by atoms with E-state index in [0.717, 1.165) is 38.5 Å². The predicted molar refractivity (Wildman–Crippen MR) is 113 cm³/mol. The third kappa shape index (κ3) is 5.92. The number of ether oxygens (including phenoxy) is 1. The van der Waals surface area contributed by atoms with Gasteiger partial charge in [-0.05, 0) is 32.3 Å². The highest BCUT2D eigenvalue weighted by Crippen LogP contribution is 2.24. The Balaban J connectivity index is 0.00000288. The molecule has 0 aromatic heterocycles. The molecule has 1 atom stereocenters. The average molecular weight is 445 g/mol. The quantitative estimate of drug-likeness (QED) is 0.414. The van der Waals surface area contributed by atoms with Crippen LogP contribution in [0, 0.1) is 6.92 Å². The van der Waals surface area contributed by atoms with Crippen molar-refractivity contribution in [2.24, 2.45) is 4.99 Å². The second-order valence-electron chi connectivity index (χ2n) is 7.43. The van der Waals surface area contributed by atoms with E-state index >= 15 is 0 Å². The zero-order valence-electron chi connectivity index (χ0n) is 15.6. The second kappa shape index (κ2) is 9.04. The Morgan fingerprint density at radius 3 is 2.67 bits per heavy atom. The topological polar surface area (TPSA) is 45.7 Å². The first-order valence-electron chi connectivity index (χ1n) is 8.50. The van der Waals surface area contributed by atoms with E-state index < -0.39 is 0 Å². The van der Waals surface area contributed by atoms with E-state index in [9.17, 15) is 0 Å². The summed E-state index contributed by atoms with van der Waals surface area (Å²) in [6.45, 7) is 11.3. The van der Waals surface area contributed by atoms with Crippen LogP contribution in [0.15, 0.2) is 29.3 Å². The van der Waals surface area contributed by atoms with Gasteiger partial charge in [0, 0.05) is 32.2 Å². The van der Waals surface area contributed by atoms with Crippen LogP contribution < -0.4 is 10.6 Å². The minimum atomic E-state index is -0.0658. The molecule has 2 rings (SSSR count). The van der Waals surface area contributed by atoms with Crippen molar-refractivity contribution in [3.8, 4) is 0 Å². The minimum Gasteiger partial charge on any atom is -0.373 e. The van der Waals surface area contributed by atoms with E-state index in [1.807, 2.05) is 7.05 Å². The summed E-state index contributed by atoms with van der Waals surface area (Å²) in [5, 5.41) is 6.85. The van der Waals surface area contributed by atoms with E-state index in [2.05, 4.69) is 67.6 Å². The number of nitrogens with zero attached hydrogens (tertiary/aromatic N) is 1. The molecular formula is C19H32IN3O. The SMILES string of the molecule is CN=C(NCC1(C)CCCO1)NCC(C)(C)c1cccc(C)c1.I. The Morgan fingerprint density at radius 1 is 1.33 bits per heavy atom. The van der Waals surface area contributed by atoms with Crippen LogP contribution in [-0.2, 0) is 10.2 Å². The molecule has 5 heteroatoms. The van der Waals surface area contributed by atoms with Crippen LogP contribution in [0.3, 0.4) is 0 Å². The van der Waals surface area contributed by atoms with Gasteiger partial charge >= 0.3 is 0 Å². The molecule has 0 spiro atoms. The molecular weight excluding hydrogens is 413 g/mol. The molecule has 1 aliphatic heterocycles. The monoisotopic (exact) mass is 445 g/mol. The van der Waals surface area contributed by atoms with Crippen LogP contribution in [0.1, 0.15) is 44.7 Å². The molecule has 1 aromatic rings. The van der Waals surface area contributed by atoms with Gasteiger partial charge in [0.1, 0.15) is 0 Å². The summed E-state index contributed by atoms with van der Waals surface area (Å²) >= 11 is 0. The Morgan fingerprint density at radius 2 is 2.08 bits per heavy atom. The average Bonchev–Trinajstić information content (AvgIpc) is 2.94. The molecule has 0 radical (unpaired) electrons. The molecule has 0 saturated carbocycles. The fourth-order valence-electron chi connectivity index (χ4n) is 2.94. The summed E-state index contributed by atoms with van der Waals surface area (Å²) in [5.74, 6) is 0.836. The maximum absolute atomic E-state index is 5.82. The van der Waals surface area contributed by atoms with Gasteiger partial charge in [-0.15, -0.1) is 24.0 Å². The number of aliphatic imine (C=N–C) groups is 1. The van der Waals surface area contributed by atoms with Gasteiger partial charge in [-0.25, -0.2) is 0 Å². The molecule has 136 valence electrons. The van der Waals surface area contributed by atoms with E-state index in [0.29, 0.717) is 0 Å². The Hall–Kier alpha value is -0.820. The highest BCUT2D eigenvalue weighted by Gasteiger charge is 2.30. The summed E-state index contributed by atoms with van der Waals surface area (Å²) in [6.07, 6.45) is 2.25. The van der Waals surface area contributed by atoms with Gasteiger partial charge < -0.3 is 15.4 Å². The maximum atomic E-state index is 5.82. The van der Waals surface area contributed by atoms with Gasteiger partial charge in [0.15, 0.2) is 5.96 Å². The number of guanidine groups is 1. The molecule has 0 amide bonds. The molecule has 2 N–H and O–H groups in total. The lowest BCUT2D eigenvalue weighted by molar-refractivity contribution is 0.0242. The highest BCUT2D eigenvalue weighted by atomic mass is 127. The number of benzene rings is 1. The van der Waals surface area contributed by atoms with Crippen LogP contribution in [0.5, 0.6) is 0 Å². The normalized spacial score (nSPS) is 21.3. The minimum absolute atomic E-state index is 0. The highest BCUT2D eigenvalue weighted by molar-refractivity contribution is 14.0. The van der Waals surface area contributed by atoms with Gasteiger partial charge in [-0.1, -0.05) is 43.7 Å². The molecule has 1 saturated heterocycles. The number of halogens is 1. The van der Waals surface area contributed by atoms with Crippen molar-refractivity contribution in [3.05, 3.63) is 35.4 Å². The lowest BCUT2D eigenvalue weighted by Gasteiger charge is -2.29. The van der Waals surface area contributed by atoms with E-state index in [1.54, 1.807) is 0 Å². The van der Waals surface area contributed by atoms with Gasteiger partial charge in [0.2, 0.25) is 0 Å². The zero-order valence-corrected chi connectivity index (χ0v) is 17.9. The van der Waals surface area contributed by atoms with Crippen molar-refractivity contribution in [2.75, 3.05) is 26.7 Å². The molecule has 0 bridgehead atoms. The molecule has 1 unspecified atom stereocenters. The van der Waals surface area contributed by atoms with E-state index in [-0.39, 0.29) is 35.0 Å². The first-order valence-corrected chi connectivity index (χ1v) is 8.50. The Bertz CT molecular complexity index is 551. The summed E-state index contributed by atoms with van der Waals surface area (Å²) in [4.78, 5) is 4.33. The van der Waals surface area contributed by atoms with Crippen molar-refractivity contribution in [1.29, 1.82) is 0 Å². The van der Waals surface area contributed by atoms with Crippen molar-refractivity contribution >= 4 is 29.9 Å². The Labute approximate surface area is 163 Å². The largest absolute Gasteiger partial charge is 0.373 e. The van der Waals surface area contributed by atoms with Gasteiger partial charge in [-0.2, -0.15) is 0 Å². The molecule has 24 heavy (non-hydrogen) atoms. The molecule has 1 fully saturated rings.